The Labute approximate surface area is 83.1 Å². The van der Waals surface area contributed by atoms with Crippen LogP contribution in [0.25, 0.3) is 0 Å². The Hall–Kier alpha value is -1.51. The lowest BCUT2D eigenvalue weighted by atomic mass is 10.2. The molecule has 14 heavy (non-hydrogen) atoms. The van der Waals surface area contributed by atoms with Crippen molar-refractivity contribution in [3.8, 4) is 0 Å². The van der Waals surface area contributed by atoms with Gasteiger partial charge in [-0.25, -0.2) is 0 Å². The summed E-state index contributed by atoms with van der Waals surface area (Å²) in [5, 5.41) is 3.16. The highest BCUT2D eigenvalue weighted by molar-refractivity contribution is 5.70. The molecule has 1 N–H and O–H groups in total. The summed E-state index contributed by atoms with van der Waals surface area (Å²) in [5.41, 5.74) is 2.28. The van der Waals surface area contributed by atoms with Crippen molar-refractivity contribution < 1.29 is 9.53 Å². The van der Waals surface area contributed by atoms with Crippen molar-refractivity contribution in [3.05, 3.63) is 29.8 Å². The number of hydrogen-bond donors (Lipinski definition) is 1. The molecule has 1 heterocycles. The SMILES string of the molecule is CCC(=O)OC1Cc2ccccc2N1. The van der Waals surface area contributed by atoms with Gasteiger partial charge in [-0.3, -0.25) is 4.79 Å². The van der Waals surface area contributed by atoms with Gasteiger partial charge in [-0.05, 0) is 11.6 Å². The van der Waals surface area contributed by atoms with Crippen LogP contribution in [0.5, 0.6) is 0 Å². The predicted molar refractivity (Wildman–Crippen MR) is 53.9 cm³/mol. The molecule has 1 aliphatic heterocycles. The van der Waals surface area contributed by atoms with E-state index in [2.05, 4.69) is 5.32 Å². The maximum atomic E-state index is 11.1. The molecule has 1 aromatic carbocycles. The normalized spacial score (nSPS) is 18.5. The summed E-state index contributed by atoms with van der Waals surface area (Å²) in [6.07, 6.45) is 1.01. The van der Waals surface area contributed by atoms with Crippen molar-refractivity contribution in [1.82, 2.24) is 0 Å². The fourth-order valence-electron chi connectivity index (χ4n) is 1.58. The number of carbonyl (C=O) groups is 1. The summed E-state index contributed by atoms with van der Waals surface area (Å²) in [6, 6.07) is 8.00. The van der Waals surface area contributed by atoms with Gasteiger partial charge in [0.25, 0.3) is 0 Å². The zero-order valence-electron chi connectivity index (χ0n) is 8.12. The Balaban J connectivity index is 2.01. The lowest BCUT2D eigenvalue weighted by molar-refractivity contribution is -0.147. The number of para-hydroxylation sites is 1. The molecule has 3 heteroatoms. The second-order valence-electron chi connectivity index (χ2n) is 3.34. The van der Waals surface area contributed by atoms with E-state index in [1.54, 1.807) is 6.92 Å². The van der Waals surface area contributed by atoms with Crippen LogP contribution in [0, 0.1) is 0 Å². The lowest BCUT2D eigenvalue weighted by Gasteiger charge is -2.11. The Morgan fingerprint density at radius 1 is 1.57 bits per heavy atom. The van der Waals surface area contributed by atoms with E-state index in [0.717, 1.165) is 12.1 Å². The van der Waals surface area contributed by atoms with Gasteiger partial charge in [-0.15, -0.1) is 0 Å². The minimum atomic E-state index is -0.181. The van der Waals surface area contributed by atoms with E-state index >= 15 is 0 Å². The number of nitrogens with one attached hydrogen (secondary N) is 1. The standard InChI is InChI=1S/C11H13NO2/c1-2-11(13)14-10-7-8-5-3-4-6-9(8)12-10/h3-6,10,12H,2,7H2,1H3. The zero-order valence-corrected chi connectivity index (χ0v) is 8.12. The van der Waals surface area contributed by atoms with Crippen LogP contribution in [0.4, 0.5) is 5.69 Å². The van der Waals surface area contributed by atoms with E-state index in [1.165, 1.54) is 5.56 Å². The highest BCUT2D eigenvalue weighted by Crippen LogP contribution is 2.25. The third kappa shape index (κ3) is 1.71. The van der Waals surface area contributed by atoms with Crippen molar-refractivity contribution in [2.75, 3.05) is 5.32 Å². The van der Waals surface area contributed by atoms with E-state index < -0.39 is 0 Å². The average Bonchev–Trinajstić information content (AvgIpc) is 2.59. The van der Waals surface area contributed by atoms with Crippen LogP contribution in [0.1, 0.15) is 18.9 Å². The van der Waals surface area contributed by atoms with Crippen LogP contribution in [0.15, 0.2) is 24.3 Å². The molecule has 3 nitrogen and oxygen atoms in total. The molecule has 0 saturated heterocycles. The van der Waals surface area contributed by atoms with Gasteiger partial charge < -0.3 is 10.1 Å². The van der Waals surface area contributed by atoms with Crippen molar-refractivity contribution in [2.45, 2.75) is 26.0 Å². The van der Waals surface area contributed by atoms with Crippen LogP contribution in [0.3, 0.4) is 0 Å². The zero-order chi connectivity index (χ0) is 9.97. The minimum absolute atomic E-state index is 0.157. The number of carbonyl (C=O) groups excluding carboxylic acids is 1. The Bertz CT molecular complexity index is 324. The molecule has 1 atom stereocenters. The Morgan fingerprint density at radius 3 is 3.07 bits per heavy atom. The number of rotatable bonds is 2. The van der Waals surface area contributed by atoms with Crippen molar-refractivity contribution >= 4 is 11.7 Å². The van der Waals surface area contributed by atoms with Gasteiger partial charge in [0.05, 0.1) is 0 Å². The molecule has 1 unspecified atom stereocenters. The van der Waals surface area contributed by atoms with Gasteiger partial charge in [-0.2, -0.15) is 0 Å². The summed E-state index contributed by atoms with van der Waals surface area (Å²) >= 11 is 0. The average molecular weight is 191 g/mol. The monoisotopic (exact) mass is 191 g/mol. The molecule has 1 aliphatic rings. The highest BCUT2D eigenvalue weighted by Gasteiger charge is 2.22. The van der Waals surface area contributed by atoms with Gasteiger partial charge in [0.2, 0.25) is 0 Å². The first-order chi connectivity index (χ1) is 6.79. The predicted octanol–water partition coefficient (Wildman–Crippen LogP) is 1.93. The molecule has 0 spiro atoms. The molecule has 74 valence electrons. The molecule has 0 amide bonds. The van der Waals surface area contributed by atoms with Crippen molar-refractivity contribution in [2.24, 2.45) is 0 Å². The second kappa shape index (κ2) is 3.70. The summed E-state index contributed by atoms with van der Waals surface area (Å²) in [5.74, 6) is -0.157. The Morgan fingerprint density at radius 2 is 2.36 bits per heavy atom. The maximum absolute atomic E-state index is 11.1. The molecule has 2 rings (SSSR count). The molecule has 0 fully saturated rings. The summed E-state index contributed by atoms with van der Waals surface area (Å²) in [4.78, 5) is 11.1. The molecule has 1 aromatic rings. The van der Waals surface area contributed by atoms with E-state index in [1.807, 2.05) is 24.3 Å². The quantitative estimate of drug-likeness (QED) is 0.726. The maximum Gasteiger partial charge on any atom is 0.307 e. The van der Waals surface area contributed by atoms with Crippen molar-refractivity contribution in [3.63, 3.8) is 0 Å². The number of anilines is 1. The topological polar surface area (TPSA) is 38.3 Å². The fraction of sp³-hybridized carbons (Fsp3) is 0.364. The van der Waals surface area contributed by atoms with Gasteiger partial charge in [-0.1, -0.05) is 25.1 Å². The van der Waals surface area contributed by atoms with Gasteiger partial charge >= 0.3 is 5.97 Å². The van der Waals surface area contributed by atoms with Crippen molar-refractivity contribution in [1.29, 1.82) is 0 Å². The number of benzene rings is 1. The Kier molecular flexibility index (Phi) is 2.39. The molecular weight excluding hydrogens is 178 g/mol. The first-order valence-corrected chi connectivity index (χ1v) is 4.83. The number of ether oxygens (including phenoxy) is 1. The van der Waals surface area contributed by atoms with E-state index in [0.29, 0.717) is 6.42 Å². The highest BCUT2D eigenvalue weighted by atomic mass is 16.6. The molecular formula is C11H13NO2. The largest absolute Gasteiger partial charge is 0.441 e. The third-order valence-electron chi connectivity index (χ3n) is 2.30. The van der Waals surface area contributed by atoms with Crippen LogP contribution in [-0.2, 0) is 16.0 Å². The first-order valence-electron chi connectivity index (χ1n) is 4.83. The molecule has 0 saturated carbocycles. The van der Waals surface area contributed by atoms with Gasteiger partial charge in [0, 0.05) is 18.5 Å². The van der Waals surface area contributed by atoms with E-state index in [4.69, 9.17) is 4.74 Å². The third-order valence-corrected chi connectivity index (χ3v) is 2.30. The summed E-state index contributed by atoms with van der Waals surface area (Å²) in [6.45, 7) is 1.80. The van der Waals surface area contributed by atoms with Gasteiger partial charge in [0.15, 0.2) is 6.23 Å². The van der Waals surface area contributed by atoms with E-state index in [9.17, 15) is 4.79 Å². The summed E-state index contributed by atoms with van der Waals surface area (Å²) in [7, 11) is 0. The molecule has 0 aliphatic carbocycles. The van der Waals surface area contributed by atoms with E-state index in [-0.39, 0.29) is 12.2 Å². The molecule has 0 bridgehead atoms. The number of hydrogen-bond acceptors (Lipinski definition) is 3. The van der Waals surface area contributed by atoms with Gasteiger partial charge in [0.1, 0.15) is 0 Å². The molecule has 0 radical (unpaired) electrons. The fourth-order valence-corrected chi connectivity index (χ4v) is 1.58. The number of fused-ring (bicyclic) bond motifs is 1. The molecule has 0 aromatic heterocycles. The van der Waals surface area contributed by atoms with Crippen LogP contribution >= 0.6 is 0 Å². The first kappa shape index (κ1) is 9.06. The second-order valence-corrected chi connectivity index (χ2v) is 3.34. The smallest absolute Gasteiger partial charge is 0.307 e. The lowest BCUT2D eigenvalue weighted by Crippen LogP contribution is -2.23. The van der Waals surface area contributed by atoms with Crippen LogP contribution in [-0.4, -0.2) is 12.2 Å². The minimum Gasteiger partial charge on any atom is -0.441 e. The number of esters is 1. The van der Waals surface area contributed by atoms with Crippen LogP contribution in [0.2, 0.25) is 0 Å². The summed E-state index contributed by atoms with van der Waals surface area (Å²) < 4.78 is 5.19. The van der Waals surface area contributed by atoms with Crippen LogP contribution < -0.4 is 5.32 Å².